The maximum Gasteiger partial charge on any atom is 0.0798 e. The fourth-order valence-corrected chi connectivity index (χ4v) is 4.48. The quantitative estimate of drug-likeness (QED) is 0.866. The molecule has 0 unspecified atom stereocenters. The van der Waals surface area contributed by atoms with Crippen LogP contribution in [0.5, 0.6) is 0 Å². The van der Waals surface area contributed by atoms with Crippen molar-refractivity contribution in [1.82, 2.24) is 19.7 Å². The fraction of sp³-hybridized carbons (Fsp3) is 0.579. The normalized spacial score (nSPS) is 30.4. The summed E-state index contributed by atoms with van der Waals surface area (Å²) in [5.41, 5.74) is 2.38. The molecule has 0 radical (unpaired) electrons. The van der Waals surface area contributed by atoms with Gasteiger partial charge < -0.3 is 4.74 Å². The van der Waals surface area contributed by atoms with Crippen LogP contribution in [0.1, 0.15) is 30.1 Å². The fourth-order valence-electron chi connectivity index (χ4n) is 4.48. The standard InChI is InChI=1S/C19H26N4O/c1-14-9-21-23(10-14)18-7-15-11-22(12-16(15)8-19(18)24-2)13-17-5-3-4-6-20-17/h3-6,9-10,15-16,18-19H,7-8,11-13H2,1-2H3/t15-,16+,18-,19-/m0/s1. The van der Waals surface area contributed by atoms with Gasteiger partial charge in [-0.1, -0.05) is 6.07 Å². The van der Waals surface area contributed by atoms with Gasteiger partial charge in [0.05, 0.1) is 24.0 Å². The molecule has 1 aliphatic carbocycles. The van der Waals surface area contributed by atoms with E-state index in [2.05, 4.69) is 44.9 Å². The third kappa shape index (κ3) is 3.10. The van der Waals surface area contributed by atoms with Crippen molar-refractivity contribution in [2.75, 3.05) is 20.2 Å². The lowest BCUT2D eigenvalue weighted by Crippen LogP contribution is -2.37. The lowest BCUT2D eigenvalue weighted by Gasteiger charge is -2.37. The Morgan fingerprint density at radius 1 is 1.21 bits per heavy atom. The maximum absolute atomic E-state index is 5.84. The summed E-state index contributed by atoms with van der Waals surface area (Å²) in [4.78, 5) is 7.03. The summed E-state index contributed by atoms with van der Waals surface area (Å²) in [6.45, 7) is 5.37. The number of aryl methyl sites for hydroxylation is 1. The number of pyridine rings is 1. The van der Waals surface area contributed by atoms with Crippen LogP contribution in [0, 0.1) is 18.8 Å². The lowest BCUT2D eigenvalue weighted by molar-refractivity contribution is -0.00488. The van der Waals surface area contributed by atoms with Gasteiger partial charge in [0.25, 0.3) is 0 Å². The van der Waals surface area contributed by atoms with Crippen molar-refractivity contribution < 1.29 is 4.74 Å². The van der Waals surface area contributed by atoms with E-state index in [0.717, 1.165) is 44.3 Å². The van der Waals surface area contributed by atoms with Crippen LogP contribution < -0.4 is 0 Å². The van der Waals surface area contributed by atoms with Crippen molar-refractivity contribution in [1.29, 1.82) is 0 Å². The van der Waals surface area contributed by atoms with E-state index in [1.54, 1.807) is 0 Å². The Morgan fingerprint density at radius 3 is 2.71 bits per heavy atom. The van der Waals surface area contributed by atoms with Crippen LogP contribution in [0.4, 0.5) is 0 Å². The van der Waals surface area contributed by atoms with Gasteiger partial charge in [0.1, 0.15) is 0 Å². The van der Waals surface area contributed by atoms with Crippen molar-refractivity contribution in [3.05, 3.63) is 48.0 Å². The van der Waals surface area contributed by atoms with Crippen LogP contribution in [-0.4, -0.2) is 46.0 Å². The SMILES string of the molecule is CO[C@H]1C[C@@H]2CN(Cc3ccccn3)C[C@@H]2C[C@@H]1n1cc(C)cn1. The summed E-state index contributed by atoms with van der Waals surface area (Å²) in [7, 11) is 1.84. The van der Waals surface area contributed by atoms with Gasteiger partial charge in [-0.3, -0.25) is 14.6 Å². The molecule has 24 heavy (non-hydrogen) atoms. The van der Waals surface area contributed by atoms with E-state index in [-0.39, 0.29) is 6.10 Å². The second-order valence-corrected chi connectivity index (χ2v) is 7.35. The summed E-state index contributed by atoms with van der Waals surface area (Å²) >= 11 is 0. The van der Waals surface area contributed by atoms with Crippen LogP contribution in [0.25, 0.3) is 0 Å². The Kier molecular flexibility index (Phi) is 4.37. The molecule has 4 atom stereocenters. The molecular formula is C19H26N4O. The number of nitrogens with zero attached hydrogens (tertiary/aromatic N) is 4. The molecular weight excluding hydrogens is 300 g/mol. The van der Waals surface area contributed by atoms with Gasteiger partial charge in [0, 0.05) is 39.1 Å². The molecule has 1 saturated heterocycles. The number of rotatable bonds is 4. The minimum Gasteiger partial charge on any atom is -0.379 e. The van der Waals surface area contributed by atoms with Crippen LogP contribution in [0.15, 0.2) is 36.8 Å². The minimum absolute atomic E-state index is 0.264. The number of methoxy groups -OCH3 is 1. The van der Waals surface area contributed by atoms with Crippen molar-refractivity contribution in [3.63, 3.8) is 0 Å². The summed E-state index contributed by atoms with van der Waals surface area (Å²) in [5.74, 6) is 1.46. The molecule has 2 aromatic heterocycles. The molecule has 0 N–H and O–H groups in total. The third-order valence-corrected chi connectivity index (χ3v) is 5.65. The number of hydrogen-bond acceptors (Lipinski definition) is 4. The highest BCUT2D eigenvalue weighted by molar-refractivity contribution is 5.06. The zero-order chi connectivity index (χ0) is 16.5. The molecule has 2 aliphatic rings. The first-order chi connectivity index (χ1) is 11.7. The second kappa shape index (κ2) is 6.65. The molecule has 5 heteroatoms. The van der Waals surface area contributed by atoms with Crippen LogP contribution in [0.2, 0.25) is 0 Å². The Hall–Kier alpha value is -1.72. The van der Waals surface area contributed by atoms with E-state index in [1.807, 2.05) is 25.6 Å². The minimum atomic E-state index is 0.264. The van der Waals surface area contributed by atoms with Crippen LogP contribution in [-0.2, 0) is 11.3 Å². The Labute approximate surface area is 143 Å². The number of ether oxygens (including phenoxy) is 1. The monoisotopic (exact) mass is 326 g/mol. The molecule has 1 saturated carbocycles. The molecule has 3 heterocycles. The van der Waals surface area contributed by atoms with Crippen LogP contribution in [0.3, 0.4) is 0 Å². The predicted molar refractivity (Wildman–Crippen MR) is 92.5 cm³/mol. The molecule has 2 fully saturated rings. The summed E-state index contributed by atoms with van der Waals surface area (Å²) in [6, 6.07) is 6.53. The molecule has 0 aromatic carbocycles. The van der Waals surface area contributed by atoms with E-state index < -0.39 is 0 Å². The molecule has 1 aliphatic heterocycles. The van der Waals surface area contributed by atoms with Gasteiger partial charge in [-0.15, -0.1) is 0 Å². The average molecular weight is 326 g/mol. The van der Waals surface area contributed by atoms with Gasteiger partial charge in [-0.05, 0) is 49.3 Å². The molecule has 0 spiro atoms. The van der Waals surface area contributed by atoms with Crippen LogP contribution >= 0.6 is 0 Å². The highest BCUT2D eigenvalue weighted by atomic mass is 16.5. The van der Waals surface area contributed by atoms with Crippen molar-refractivity contribution >= 4 is 0 Å². The van der Waals surface area contributed by atoms with Crippen molar-refractivity contribution in [2.24, 2.45) is 11.8 Å². The first-order valence-electron chi connectivity index (χ1n) is 8.88. The Balaban J connectivity index is 1.46. The smallest absolute Gasteiger partial charge is 0.0798 e. The van der Waals surface area contributed by atoms with E-state index in [4.69, 9.17) is 4.74 Å². The molecule has 0 bridgehead atoms. The number of hydrogen-bond donors (Lipinski definition) is 0. The third-order valence-electron chi connectivity index (χ3n) is 5.65. The highest BCUT2D eigenvalue weighted by Gasteiger charge is 2.43. The molecule has 5 nitrogen and oxygen atoms in total. The Morgan fingerprint density at radius 2 is 2.04 bits per heavy atom. The zero-order valence-electron chi connectivity index (χ0n) is 14.5. The molecule has 128 valence electrons. The predicted octanol–water partition coefficient (Wildman–Crippen LogP) is 2.68. The van der Waals surface area contributed by atoms with Gasteiger partial charge in [0.15, 0.2) is 0 Å². The number of fused-ring (bicyclic) bond motifs is 1. The Bertz CT molecular complexity index is 671. The van der Waals surface area contributed by atoms with Gasteiger partial charge in [-0.25, -0.2) is 0 Å². The van der Waals surface area contributed by atoms with Gasteiger partial charge in [-0.2, -0.15) is 5.10 Å². The first kappa shape index (κ1) is 15.8. The molecule has 2 aromatic rings. The highest BCUT2D eigenvalue weighted by Crippen LogP contribution is 2.42. The van der Waals surface area contributed by atoms with E-state index >= 15 is 0 Å². The summed E-state index contributed by atoms with van der Waals surface area (Å²) < 4.78 is 7.96. The largest absolute Gasteiger partial charge is 0.379 e. The number of likely N-dealkylation sites (tertiary alicyclic amines) is 1. The first-order valence-corrected chi connectivity index (χ1v) is 8.88. The van der Waals surface area contributed by atoms with Crippen molar-refractivity contribution in [2.45, 2.75) is 38.5 Å². The lowest BCUT2D eigenvalue weighted by atomic mass is 9.77. The summed E-state index contributed by atoms with van der Waals surface area (Å²) in [5, 5.41) is 4.55. The molecule has 0 amide bonds. The zero-order valence-corrected chi connectivity index (χ0v) is 14.5. The average Bonchev–Trinajstić information content (AvgIpc) is 3.19. The second-order valence-electron chi connectivity index (χ2n) is 7.35. The van der Waals surface area contributed by atoms with Crippen molar-refractivity contribution in [3.8, 4) is 0 Å². The van der Waals surface area contributed by atoms with Gasteiger partial charge >= 0.3 is 0 Å². The van der Waals surface area contributed by atoms with Gasteiger partial charge in [0.2, 0.25) is 0 Å². The maximum atomic E-state index is 5.84. The van der Waals surface area contributed by atoms with E-state index in [9.17, 15) is 0 Å². The number of aromatic nitrogens is 3. The summed E-state index contributed by atoms with van der Waals surface area (Å²) in [6.07, 6.45) is 8.53. The topological polar surface area (TPSA) is 43.2 Å². The van der Waals surface area contributed by atoms with E-state index in [0.29, 0.717) is 6.04 Å². The van der Waals surface area contributed by atoms with E-state index in [1.165, 1.54) is 11.3 Å². The molecule has 4 rings (SSSR count).